The zero-order chi connectivity index (χ0) is 16.1. The molecule has 0 aromatic carbocycles. The third kappa shape index (κ3) is 4.19. The Morgan fingerprint density at radius 3 is 2.96 bits per heavy atom. The molecule has 1 aliphatic carbocycles. The van der Waals surface area contributed by atoms with Crippen molar-refractivity contribution < 1.29 is 14.3 Å². The van der Waals surface area contributed by atoms with E-state index in [1.54, 1.807) is 18.4 Å². The van der Waals surface area contributed by atoms with Crippen LogP contribution in [0.4, 0.5) is 0 Å². The van der Waals surface area contributed by atoms with Gasteiger partial charge in [0.15, 0.2) is 5.76 Å². The average Bonchev–Trinajstić information content (AvgIpc) is 3.18. The standard InChI is InChI=1S/C16H22N4O3/c21-14(11-16(22)7-2-1-3-8-16)17-9-6-13-18-15(20-19-13)12-5-4-10-23-12/h4-5,10,22H,1-3,6-9,11H2,(H,17,21)(H,18,19,20). The molecule has 1 fully saturated rings. The molecule has 0 bridgehead atoms. The van der Waals surface area contributed by atoms with Crippen molar-refractivity contribution in [3.63, 3.8) is 0 Å². The van der Waals surface area contributed by atoms with Gasteiger partial charge in [0.05, 0.1) is 18.3 Å². The molecule has 2 heterocycles. The van der Waals surface area contributed by atoms with Gasteiger partial charge in [-0.25, -0.2) is 4.98 Å². The summed E-state index contributed by atoms with van der Waals surface area (Å²) < 4.78 is 5.23. The third-order valence-electron chi connectivity index (χ3n) is 4.23. The quantitative estimate of drug-likeness (QED) is 0.753. The van der Waals surface area contributed by atoms with Crippen LogP contribution in [0.15, 0.2) is 22.8 Å². The van der Waals surface area contributed by atoms with Crippen molar-refractivity contribution in [2.24, 2.45) is 0 Å². The van der Waals surface area contributed by atoms with Crippen molar-refractivity contribution in [3.05, 3.63) is 24.2 Å². The molecule has 2 aromatic rings. The zero-order valence-corrected chi connectivity index (χ0v) is 13.0. The second kappa shape index (κ2) is 6.95. The molecule has 1 aliphatic rings. The van der Waals surface area contributed by atoms with E-state index in [1.807, 2.05) is 0 Å². The van der Waals surface area contributed by atoms with Crippen LogP contribution in [0.1, 0.15) is 44.3 Å². The van der Waals surface area contributed by atoms with Gasteiger partial charge in [-0.1, -0.05) is 19.3 Å². The largest absolute Gasteiger partial charge is 0.461 e. The Labute approximate surface area is 134 Å². The number of aromatic amines is 1. The lowest BCUT2D eigenvalue weighted by Gasteiger charge is -2.31. The number of H-pyrrole nitrogens is 1. The van der Waals surface area contributed by atoms with Crippen molar-refractivity contribution in [3.8, 4) is 11.6 Å². The Balaban J connectivity index is 1.43. The molecule has 0 aliphatic heterocycles. The van der Waals surface area contributed by atoms with E-state index in [0.29, 0.717) is 30.4 Å². The van der Waals surface area contributed by atoms with Crippen LogP contribution in [0.3, 0.4) is 0 Å². The van der Waals surface area contributed by atoms with Gasteiger partial charge in [-0.05, 0) is 25.0 Å². The maximum atomic E-state index is 12.0. The van der Waals surface area contributed by atoms with Gasteiger partial charge in [0.2, 0.25) is 11.7 Å². The van der Waals surface area contributed by atoms with Gasteiger partial charge in [0.25, 0.3) is 0 Å². The first kappa shape index (κ1) is 15.7. The molecule has 1 amide bonds. The van der Waals surface area contributed by atoms with Crippen LogP contribution in [0.2, 0.25) is 0 Å². The van der Waals surface area contributed by atoms with Gasteiger partial charge in [-0.3, -0.25) is 9.89 Å². The summed E-state index contributed by atoms with van der Waals surface area (Å²) in [7, 11) is 0. The summed E-state index contributed by atoms with van der Waals surface area (Å²) in [4.78, 5) is 16.3. The molecule has 0 radical (unpaired) electrons. The van der Waals surface area contributed by atoms with E-state index in [4.69, 9.17) is 4.42 Å². The minimum absolute atomic E-state index is 0.111. The lowest BCUT2D eigenvalue weighted by molar-refractivity contribution is -0.127. The van der Waals surface area contributed by atoms with E-state index in [1.165, 1.54) is 0 Å². The number of carbonyl (C=O) groups excluding carboxylic acids is 1. The number of aliphatic hydroxyl groups is 1. The molecule has 0 unspecified atom stereocenters. The Morgan fingerprint density at radius 2 is 2.22 bits per heavy atom. The second-order valence-electron chi connectivity index (χ2n) is 6.14. The summed E-state index contributed by atoms with van der Waals surface area (Å²) >= 11 is 0. The molecule has 7 nitrogen and oxygen atoms in total. The van der Waals surface area contributed by atoms with Gasteiger partial charge in [0, 0.05) is 13.0 Å². The number of rotatable bonds is 6. The fourth-order valence-corrected chi connectivity index (χ4v) is 2.99. The monoisotopic (exact) mass is 318 g/mol. The average molecular weight is 318 g/mol. The van der Waals surface area contributed by atoms with Crippen molar-refractivity contribution in [1.82, 2.24) is 20.5 Å². The molecule has 2 aromatic heterocycles. The second-order valence-corrected chi connectivity index (χ2v) is 6.14. The number of aromatic nitrogens is 3. The molecule has 124 valence electrons. The molecule has 0 spiro atoms. The minimum Gasteiger partial charge on any atom is -0.461 e. The minimum atomic E-state index is -0.818. The van der Waals surface area contributed by atoms with Gasteiger partial charge in [0.1, 0.15) is 5.82 Å². The van der Waals surface area contributed by atoms with E-state index in [0.717, 1.165) is 32.1 Å². The molecule has 3 N–H and O–H groups in total. The summed E-state index contributed by atoms with van der Waals surface area (Å²) in [5.41, 5.74) is -0.818. The maximum absolute atomic E-state index is 12.0. The topological polar surface area (TPSA) is 104 Å². The zero-order valence-electron chi connectivity index (χ0n) is 13.0. The highest BCUT2D eigenvalue weighted by Crippen LogP contribution is 2.30. The van der Waals surface area contributed by atoms with Crippen LogP contribution >= 0.6 is 0 Å². The molecule has 3 rings (SSSR count). The van der Waals surface area contributed by atoms with Crippen molar-refractivity contribution in [1.29, 1.82) is 0 Å². The molecule has 7 heteroatoms. The fourth-order valence-electron chi connectivity index (χ4n) is 2.99. The van der Waals surface area contributed by atoms with Crippen LogP contribution in [0.5, 0.6) is 0 Å². The van der Waals surface area contributed by atoms with Crippen LogP contribution in [0.25, 0.3) is 11.6 Å². The SMILES string of the molecule is O=C(CC1(O)CCCCC1)NCCc1nc(-c2ccco2)n[nH]1. The highest BCUT2D eigenvalue weighted by molar-refractivity contribution is 5.77. The van der Waals surface area contributed by atoms with E-state index in [-0.39, 0.29) is 12.3 Å². The molecule has 0 saturated heterocycles. The normalized spacial score (nSPS) is 17.1. The first-order chi connectivity index (χ1) is 11.1. The maximum Gasteiger partial charge on any atom is 0.222 e. The lowest BCUT2D eigenvalue weighted by atomic mass is 9.82. The van der Waals surface area contributed by atoms with Crippen molar-refractivity contribution in [2.45, 2.75) is 50.5 Å². The van der Waals surface area contributed by atoms with Crippen LogP contribution in [0, 0.1) is 0 Å². The molecular weight excluding hydrogens is 296 g/mol. The number of carbonyl (C=O) groups is 1. The fraction of sp³-hybridized carbons (Fsp3) is 0.562. The summed E-state index contributed by atoms with van der Waals surface area (Å²) in [6.45, 7) is 0.460. The number of nitrogens with zero attached hydrogens (tertiary/aromatic N) is 2. The van der Waals surface area contributed by atoms with Crippen LogP contribution in [-0.4, -0.2) is 38.3 Å². The molecule has 23 heavy (non-hydrogen) atoms. The van der Waals surface area contributed by atoms with Crippen LogP contribution in [-0.2, 0) is 11.2 Å². The summed E-state index contributed by atoms with van der Waals surface area (Å²) in [5, 5.41) is 20.1. The molecule has 1 saturated carbocycles. The Hall–Kier alpha value is -2.15. The van der Waals surface area contributed by atoms with Gasteiger partial charge in [-0.2, -0.15) is 5.10 Å². The number of hydrogen-bond acceptors (Lipinski definition) is 5. The van der Waals surface area contributed by atoms with E-state index >= 15 is 0 Å². The highest BCUT2D eigenvalue weighted by Gasteiger charge is 2.31. The van der Waals surface area contributed by atoms with Crippen molar-refractivity contribution in [2.75, 3.05) is 6.54 Å². The Bertz CT molecular complexity index is 630. The number of hydrogen-bond donors (Lipinski definition) is 3. The highest BCUT2D eigenvalue weighted by atomic mass is 16.3. The lowest BCUT2D eigenvalue weighted by Crippen LogP contribution is -2.38. The van der Waals surface area contributed by atoms with Gasteiger partial charge < -0.3 is 14.8 Å². The number of furan rings is 1. The first-order valence-electron chi connectivity index (χ1n) is 8.09. The molecule has 0 atom stereocenters. The van der Waals surface area contributed by atoms with Crippen LogP contribution < -0.4 is 5.32 Å². The number of nitrogens with one attached hydrogen (secondary N) is 2. The third-order valence-corrected chi connectivity index (χ3v) is 4.23. The van der Waals surface area contributed by atoms with Gasteiger partial charge >= 0.3 is 0 Å². The Kier molecular flexibility index (Phi) is 4.76. The predicted molar refractivity (Wildman–Crippen MR) is 83.5 cm³/mol. The van der Waals surface area contributed by atoms with E-state index in [2.05, 4.69) is 20.5 Å². The summed E-state index contributed by atoms with van der Waals surface area (Å²) in [6.07, 6.45) is 6.88. The smallest absolute Gasteiger partial charge is 0.222 e. The number of amides is 1. The molecular formula is C16H22N4O3. The first-order valence-corrected chi connectivity index (χ1v) is 8.09. The van der Waals surface area contributed by atoms with Gasteiger partial charge in [-0.15, -0.1) is 0 Å². The van der Waals surface area contributed by atoms with E-state index < -0.39 is 5.60 Å². The summed E-state index contributed by atoms with van der Waals surface area (Å²) in [5.74, 6) is 1.69. The van der Waals surface area contributed by atoms with Crippen molar-refractivity contribution >= 4 is 5.91 Å². The summed E-state index contributed by atoms with van der Waals surface area (Å²) in [6, 6.07) is 3.57. The van der Waals surface area contributed by atoms with E-state index in [9.17, 15) is 9.90 Å². The predicted octanol–water partition coefficient (Wildman–Crippen LogP) is 1.81. The Morgan fingerprint density at radius 1 is 1.39 bits per heavy atom.